The Bertz CT molecular complexity index is 840. The number of aromatic nitrogens is 1. The largest absolute Gasteiger partial charge is 0.326 e. The number of carbonyl (C=O) groups is 1. The van der Waals surface area contributed by atoms with E-state index in [9.17, 15) is 4.79 Å². The molecule has 0 spiro atoms. The van der Waals surface area contributed by atoms with Crippen LogP contribution in [0.1, 0.15) is 11.1 Å². The van der Waals surface area contributed by atoms with Gasteiger partial charge < -0.3 is 5.32 Å². The van der Waals surface area contributed by atoms with Crippen LogP contribution in [0, 0.1) is 6.92 Å². The molecule has 0 aliphatic rings. The van der Waals surface area contributed by atoms with Crippen molar-refractivity contribution in [2.45, 2.75) is 13.3 Å². The van der Waals surface area contributed by atoms with Crippen LogP contribution in [0.4, 0.5) is 5.69 Å². The Balaban J connectivity index is 1.80. The van der Waals surface area contributed by atoms with Crippen molar-refractivity contribution in [1.82, 2.24) is 4.98 Å². The lowest BCUT2D eigenvalue weighted by atomic mass is 10.1. The molecule has 3 aromatic rings. The number of nitrogens with one attached hydrogen (secondary N) is 1. The van der Waals surface area contributed by atoms with Crippen LogP contribution in [-0.4, -0.2) is 10.9 Å². The van der Waals surface area contributed by atoms with Crippen molar-refractivity contribution < 1.29 is 4.79 Å². The highest BCUT2D eigenvalue weighted by atomic mass is 35.5. The molecule has 0 saturated carbocycles. The van der Waals surface area contributed by atoms with Gasteiger partial charge in [0.2, 0.25) is 5.91 Å². The molecular weight excluding hydrogens is 296 g/mol. The minimum absolute atomic E-state index is 0.0851. The topological polar surface area (TPSA) is 42.0 Å². The standard InChI is InChI=1S/C18H15ClN2O/c1-12-7-8-15(11-16(12)19)21-17(22)10-14-5-2-4-13-6-3-9-20-18(13)14/h2-9,11H,10H2,1H3,(H,21,22). The number of anilines is 1. The van der Waals surface area contributed by atoms with E-state index in [1.165, 1.54) is 0 Å². The van der Waals surface area contributed by atoms with Gasteiger partial charge in [0.05, 0.1) is 11.9 Å². The zero-order valence-corrected chi connectivity index (χ0v) is 12.9. The van der Waals surface area contributed by atoms with E-state index >= 15 is 0 Å². The van der Waals surface area contributed by atoms with Crippen LogP contribution in [0.15, 0.2) is 54.7 Å². The Morgan fingerprint density at radius 2 is 2.00 bits per heavy atom. The van der Waals surface area contributed by atoms with Crippen molar-refractivity contribution in [2.24, 2.45) is 0 Å². The summed E-state index contributed by atoms with van der Waals surface area (Å²) in [5, 5.41) is 4.55. The Labute approximate surface area is 133 Å². The van der Waals surface area contributed by atoms with Crippen LogP contribution in [0.2, 0.25) is 5.02 Å². The molecule has 110 valence electrons. The first-order valence-corrected chi connectivity index (χ1v) is 7.40. The molecule has 1 heterocycles. The van der Waals surface area contributed by atoms with Crippen LogP contribution in [0.3, 0.4) is 0 Å². The maximum Gasteiger partial charge on any atom is 0.228 e. The van der Waals surface area contributed by atoms with Gasteiger partial charge in [-0.1, -0.05) is 41.9 Å². The summed E-state index contributed by atoms with van der Waals surface area (Å²) in [7, 11) is 0. The fraction of sp³-hybridized carbons (Fsp3) is 0.111. The van der Waals surface area contributed by atoms with E-state index in [1.54, 1.807) is 12.3 Å². The number of amides is 1. The maximum atomic E-state index is 12.2. The molecule has 1 N–H and O–H groups in total. The quantitative estimate of drug-likeness (QED) is 0.780. The SMILES string of the molecule is Cc1ccc(NC(=O)Cc2cccc3cccnc23)cc1Cl. The van der Waals surface area contributed by atoms with Gasteiger partial charge in [-0.25, -0.2) is 0 Å². The number of pyridine rings is 1. The Hall–Kier alpha value is -2.39. The summed E-state index contributed by atoms with van der Waals surface area (Å²) in [6.07, 6.45) is 2.02. The van der Waals surface area contributed by atoms with Crippen LogP contribution in [0.25, 0.3) is 10.9 Å². The van der Waals surface area contributed by atoms with Crippen molar-refractivity contribution in [2.75, 3.05) is 5.32 Å². The summed E-state index contributed by atoms with van der Waals surface area (Å²) in [4.78, 5) is 16.6. The average Bonchev–Trinajstić information content (AvgIpc) is 2.51. The van der Waals surface area contributed by atoms with Crippen molar-refractivity contribution in [3.05, 3.63) is 70.9 Å². The van der Waals surface area contributed by atoms with Crippen molar-refractivity contribution in [3.63, 3.8) is 0 Å². The summed E-state index contributed by atoms with van der Waals surface area (Å²) < 4.78 is 0. The third kappa shape index (κ3) is 3.10. The van der Waals surface area contributed by atoms with Crippen molar-refractivity contribution in [1.29, 1.82) is 0 Å². The lowest BCUT2D eigenvalue weighted by Crippen LogP contribution is -2.14. The summed E-state index contributed by atoms with van der Waals surface area (Å²) in [6, 6.07) is 15.2. The van der Waals surface area contributed by atoms with Gasteiger partial charge in [-0.3, -0.25) is 9.78 Å². The van der Waals surface area contributed by atoms with Crippen LogP contribution < -0.4 is 5.32 Å². The molecule has 22 heavy (non-hydrogen) atoms. The third-order valence-corrected chi connectivity index (χ3v) is 3.93. The number of carbonyl (C=O) groups excluding carboxylic acids is 1. The summed E-state index contributed by atoms with van der Waals surface area (Å²) in [5.74, 6) is -0.0851. The number of para-hydroxylation sites is 1. The molecule has 1 aromatic heterocycles. The predicted octanol–water partition coefficient (Wildman–Crippen LogP) is 4.38. The minimum Gasteiger partial charge on any atom is -0.326 e. The fourth-order valence-corrected chi connectivity index (χ4v) is 2.54. The lowest BCUT2D eigenvalue weighted by Gasteiger charge is -2.08. The van der Waals surface area contributed by atoms with E-state index in [0.29, 0.717) is 10.7 Å². The van der Waals surface area contributed by atoms with Crippen LogP contribution in [0.5, 0.6) is 0 Å². The lowest BCUT2D eigenvalue weighted by molar-refractivity contribution is -0.115. The second kappa shape index (κ2) is 6.16. The molecule has 0 radical (unpaired) electrons. The molecule has 2 aromatic carbocycles. The zero-order valence-electron chi connectivity index (χ0n) is 12.1. The first-order chi connectivity index (χ1) is 10.6. The molecule has 0 aliphatic carbocycles. The molecule has 0 unspecified atom stereocenters. The monoisotopic (exact) mass is 310 g/mol. The third-order valence-electron chi connectivity index (χ3n) is 3.52. The molecule has 0 aliphatic heterocycles. The Morgan fingerprint density at radius 3 is 2.82 bits per heavy atom. The van der Waals surface area contributed by atoms with Gasteiger partial charge in [-0.2, -0.15) is 0 Å². The number of rotatable bonds is 3. The first-order valence-electron chi connectivity index (χ1n) is 7.02. The normalized spacial score (nSPS) is 10.6. The van der Waals surface area contributed by atoms with Crippen molar-refractivity contribution >= 4 is 34.1 Å². The molecule has 3 rings (SSSR count). The molecule has 4 heteroatoms. The zero-order chi connectivity index (χ0) is 15.5. The van der Waals surface area contributed by atoms with Crippen LogP contribution >= 0.6 is 11.6 Å². The smallest absolute Gasteiger partial charge is 0.228 e. The summed E-state index contributed by atoms with van der Waals surface area (Å²) in [6.45, 7) is 1.93. The fourth-order valence-electron chi connectivity index (χ4n) is 2.36. The van der Waals surface area contributed by atoms with Gasteiger partial charge in [0, 0.05) is 22.3 Å². The number of halogens is 1. The van der Waals surface area contributed by atoms with Crippen LogP contribution in [-0.2, 0) is 11.2 Å². The highest BCUT2D eigenvalue weighted by molar-refractivity contribution is 6.31. The minimum atomic E-state index is -0.0851. The van der Waals surface area contributed by atoms with Gasteiger partial charge >= 0.3 is 0 Å². The van der Waals surface area contributed by atoms with E-state index < -0.39 is 0 Å². The summed E-state index contributed by atoms with van der Waals surface area (Å²) >= 11 is 6.07. The van der Waals surface area contributed by atoms with Gasteiger partial charge in [0.1, 0.15) is 0 Å². The van der Waals surface area contributed by atoms with Crippen molar-refractivity contribution in [3.8, 4) is 0 Å². The first kappa shape index (κ1) is 14.5. The van der Waals surface area contributed by atoms with E-state index in [0.717, 1.165) is 22.0 Å². The average molecular weight is 311 g/mol. The number of hydrogen-bond acceptors (Lipinski definition) is 2. The molecular formula is C18H15ClN2O. The number of benzene rings is 2. The highest BCUT2D eigenvalue weighted by Gasteiger charge is 2.08. The molecule has 3 nitrogen and oxygen atoms in total. The van der Waals surface area contributed by atoms with Gasteiger partial charge in [-0.05, 0) is 36.2 Å². The molecule has 1 amide bonds. The second-order valence-corrected chi connectivity index (χ2v) is 5.59. The van der Waals surface area contributed by atoms with E-state index in [1.807, 2.05) is 49.4 Å². The predicted molar refractivity (Wildman–Crippen MR) is 90.3 cm³/mol. The number of aryl methyl sites for hydroxylation is 1. The Kier molecular flexibility index (Phi) is 4.07. The number of nitrogens with zero attached hydrogens (tertiary/aromatic N) is 1. The van der Waals surface area contributed by atoms with Gasteiger partial charge in [0.15, 0.2) is 0 Å². The highest BCUT2D eigenvalue weighted by Crippen LogP contribution is 2.21. The van der Waals surface area contributed by atoms with E-state index in [2.05, 4.69) is 10.3 Å². The molecule has 0 bridgehead atoms. The summed E-state index contributed by atoms with van der Waals surface area (Å²) in [5.41, 5.74) is 3.46. The molecule has 0 atom stereocenters. The number of fused-ring (bicyclic) bond motifs is 1. The maximum absolute atomic E-state index is 12.2. The van der Waals surface area contributed by atoms with Gasteiger partial charge in [-0.15, -0.1) is 0 Å². The Morgan fingerprint density at radius 1 is 1.18 bits per heavy atom. The second-order valence-electron chi connectivity index (χ2n) is 5.18. The van der Waals surface area contributed by atoms with E-state index in [-0.39, 0.29) is 12.3 Å². The van der Waals surface area contributed by atoms with E-state index in [4.69, 9.17) is 11.6 Å². The molecule has 0 fully saturated rings. The van der Waals surface area contributed by atoms with Gasteiger partial charge in [0.25, 0.3) is 0 Å². The molecule has 0 saturated heterocycles. The number of hydrogen-bond donors (Lipinski definition) is 1.